The summed E-state index contributed by atoms with van der Waals surface area (Å²) in [6.45, 7) is -0.0133. The minimum Gasteiger partial charge on any atom is -0.463 e. The molecule has 3 rings (SSSR count). The molecule has 1 aromatic heterocycles. The lowest BCUT2D eigenvalue weighted by atomic mass is 10.1. The van der Waals surface area contributed by atoms with Gasteiger partial charge in [0.25, 0.3) is 5.91 Å². The van der Waals surface area contributed by atoms with Gasteiger partial charge in [-0.1, -0.05) is 30.3 Å². The summed E-state index contributed by atoms with van der Waals surface area (Å²) in [4.78, 5) is 12.2. The summed E-state index contributed by atoms with van der Waals surface area (Å²) in [7, 11) is 0. The van der Waals surface area contributed by atoms with Gasteiger partial charge < -0.3 is 14.8 Å². The van der Waals surface area contributed by atoms with Crippen molar-refractivity contribution in [3.05, 3.63) is 65.9 Å². The molecule has 4 nitrogen and oxygen atoms in total. The maximum absolute atomic E-state index is 12.2. The van der Waals surface area contributed by atoms with E-state index >= 15 is 0 Å². The Morgan fingerprint density at radius 2 is 1.85 bits per heavy atom. The Kier molecular flexibility index (Phi) is 3.23. The normalized spacial score (nSPS) is 10.7. The Labute approximate surface area is 115 Å². The van der Waals surface area contributed by atoms with Gasteiger partial charge in [-0.2, -0.15) is 0 Å². The maximum atomic E-state index is 12.2. The zero-order valence-corrected chi connectivity index (χ0v) is 10.7. The molecule has 0 fully saturated rings. The minimum absolute atomic E-state index is 0.0133. The monoisotopic (exact) mass is 267 g/mol. The summed E-state index contributed by atoms with van der Waals surface area (Å²) in [6, 6.07) is 14.4. The molecular formula is C16H13NO3. The predicted molar refractivity (Wildman–Crippen MR) is 76.5 cm³/mol. The van der Waals surface area contributed by atoms with E-state index in [1.807, 2.05) is 24.3 Å². The fourth-order valence-corrected chi connectivity index (χ4v) is 2.05. The van der Waals surface area contributed by atoms with Gasteiger partial charge in [0.2, 0.25) is 0 Å². The van der Waals surface area contributed by atoms with Gasteiger partial charge in [-0.05, 0) is 23.8 Å². The lowest BCUT2D eigenvalue weighted by Crippen LogP contribution is -2.11. The molecule has 4 heteroatoms. The number of carbonyl (C=O) groups excluding carboxylic acids is 1. The Hall–Kier alpha value is -2.59. The number of hydrogen-bond donors (Lipinski definition) is 2. The molecule has 0 saturated heterocycles. The van der Waals surface area contributed by atoms with E-state index in [2.05, 4.69) is 5.32 Å². The minimum atomic E-state index is -0.216. The van der Waals surface area contributed by atoms with Crippen LogP contribution < -0.4 is 5.32 Å². The summed E-state index contributed by atoms with van der Waals surface area (Å²) >= 11 is 0. The van der Waals surface area contributed by atoms with Crippen LogP contribution in [-0.2, 0) is 6.61 Å². The van der Waals surface area contributed by atoms with Crippen LogP contribution in [0.5, 0.6) is 0 Å². The number of furan rings is 1. The largest absolute Gasteiger partial charge is 0.463 e. The first-order valence-corrected chi connectivity index (χ1v) is 6.25. The van der Waals surface area contributed by atoms with E-state index in [0.717, 1.165) is 10.9 Å². The van der Waals surface area contributed by atoms with E-state index in [0.29, 0.717) is 16.8 Å². The second-order valence-corrected chi connectivity index (χ2v) is 4.45. The van der Waals surface area contributed by atoms with Crippen LogP contribution in [0.1, 0.15) is 15.9 Å². The quantitative estimate of drug-likeness (QED) is 0.766. The van der Waals surface area contributed by atoms with Crippen molar-refractivity contribution in [1.82, 2.24) is 0 Å². The number of aliphatic hydroxyl groups excluding tert-OH is 1. The fourth-order valence-electron chi connectivity index (χ4n) is 2.05. The highest BCUT2D eigenvalue weighted by atomic mass is 16.3. The van der Waals surface area contributed by atoms with E-state index in [1.165, 1.54) is 6.26 Å². The average Bonchev–Trinajstić information content (AvgIpc) is 2.92. The van der Waals surface area contributed by atoms with Crippen molar-refractivity contribution in [2.75, 3.05) is 5.32 Å². The topological polar surface area (TPSA) is 62.5 Å². The van der Waals surface area contributed by atoms with Crippen LogP contribution in [0.4, 0.5) is 5.69 Å². The highest BCUT2D eigenvalue weighted by molar-refractivity contribution is 6.12. The second-order valence-electron chi connectivity index (χ2n) is 4.45. The first kappa shape index (κ1) is 12.4. The van der Waals surface area contributed by atoms with Crippen LogP contribution in [0.25, 0.3) is 11.0 Å². The number of amides is 1. The van der Waals surface area contributed by atoms with Crippen molar-refractivity contribution in [2.45, 2.75) is 6.61 Å². The SMILES string of the molecule is O=C(Nc1ccc(CO)cc1)c1coc2ccccc12. The Morgan fingerprint density at radius 1 is 1.10 bits per heavy atom. The van der Waals surface area contributed by atoms with Gasteiger partial charge in [0.05, 0.1) is 12.2 Å². The number of nitrogens with one attached hydrogen (secondary N) is 1. The van der Waals surface area contributed by atoms with Crippen molar-refractivity contribution < 1.29 is 14.3 Å². The molecular weight excluding hydrogens is 254 g/mol. The number of anilines is 1. The molecule has 0 aliphatic heterocycles. The smallest absolute Gasteiger partial charge is 0.259 e. The highest BCUT2D eigenvalue weighted by Gasteiger charge is 2.13. The summed E-state index contributed by atoms with van der Waals surface area (Å²) in [5.41, 5.74) is 2.68. The standard InChI is InChI=1S/C16H13NO3/c18-9-11-5-7-12(8-6-11)17-16(19)14-10-20-15-4-2-1-3-13(14)15/h1-8,10,18H,9H2,(H,17,19). The van der Waals surface area contributed by atoms with Crippen LogP contribution in [-0.4, -0.2) is 11.0 Å². The molecule has 0 radical (unpaired) electrons. The number of aliphatic hydroxyl groups is 1. The summed E-state index contributed by atoms with van der Waals surface area (Å²) in [6.07, 6.45) is 1.46. The Morgan fingerprint density at radius 3 is 2.60 bits per heavy atom. The van der Waals surface area contributed by atoms with E-state index < -0.39 is 0 Å². The van der Waals surface area contributed by atoms with Crippen LogP contribution in [0, 0.1) is 0 Å². The van der Waals surface area contributed by atoms with Crippen molar-refractivity contribution in [3.8, 4) is 0 Å². The number of carbonyl (C=O) groups is 1. The highest BCUT2D eigenvalue weighted by Crippen LogP contribution is 2.21. The molecule has 2 N–H and O–H groups in total. The molecule has 3 aromatic rings. The van der Waals surface area contributed by atoms with Crippen LogP contribution >= 0.6 is 0 Å². The third-order valence-electron chi connectivity index (χ3n) is 3.12. The zero-order valence-electron chi connectivity index (χ0n) is 10.7. The van der Waals surface area contributed by atoms with Crippen molar-refractivity contribution >= 4 is 22.6 Å². The van der Waals surface area contributed by atoms with E-state index in [9.17, 15) is 4.79 Å². The Balaban J connectivity index is 1.85. The van der Waals surface area contributed by atoms with E-state index in [4.69, 9.17) is 9.52 Å². The summed E-state index contributed by atoms with van der Waals surface area (Å²) in [5.74, 6) is -0.216. The van der Waals surface area contributed by atoms with Crippen LogP contribution in [0.3, 0.4) is 0 Å². The third kappa shape index (κ3) is 2.29. The van der Waals surface area contributed by atoms with E-state index in [1.54, 1.807) is 24.3 Å². The number of hydrogen-bond acceptors (Lipinski definition) is 3. The van der Waals surface area contributed by atoms with Crippen LogP contribution in [0.2, 0.25) is 0 Å². The first-order valence-electron chi connectivity index (χ1n) is 6.25. The third-order valence-corrected chi connectivity index (χ3v) is 3.12. The molecule has 0 saturated carbocycles. The average molecular weight is 267 g/mol. The molecule has 0 spiro atoms. The molecule has 0 unspecified atom stereocenters. The van der Waals surface area contributed by atoms with Gasteiger partial charge in [0, 0.05) is 11.1 Å². The Bertz CT molecular complexity index is 744. The molecule has 1 heterocycles. The van der Waals surface area contributed by atoms with Gasteiger partial charge in [-0.3, -0.25) is 4.79 Å². The molecule has 0 aliphatic carbocycles. The van der Waals surface area contributed by atoms with Gasteiger partial charge in [0.1, 0.15) is 11.8 Å². The second kappa shape index (κ2) is 5.19. The number of benzene rings is 2. The van der Waals surface area contributed by atoms with Gasteiger partial charge in [-0.15, -0.1) is 0 Å². The van der Waals surface area contributed by atoms with Gasteiger partial charge >= 0.3 is 0 Å². The molecule has 20 heavy (non-hydrogen) atoms. The molecule has 0 bridgehead atoms. The summed E-state index contributed by atoms with van der Waals surface area (Å²) in [5, 5.41) is 12.6. The predicted octanol–water partition coefficient (Wildman–Crippen LogP) is 3.18. The van der Waals surface area contributed by atoms with Gasteiger partial charge in [-0.25, -0.2) is 0 Å². The number of para-hydroxylation sites is 1. The number of fused-ring (bicyclic) bond motifs is 1. The molecule has 100 valence electrons. The molecule has 0 aliphatic rings. The van der Waals surface area contributed by atoms with Crippen molar-refractivity contribution in [1.29, 1.82) is 0 Å². The van der Waals surface area contributed by atoms with Crippen molar-refractivity contribution in [2.24, 2.45) is 0 Å². The zero-order chi connectivity index (χ0) is 13.9. The lowest BCUT2D eigenvalue weighted by Gasteiger charge is -2.04. The summed E-state index contributed by atoms with van der Waals surface area (Å²) < 4.78 is 5.35. The lowest BCUT2D eigenvalue weighted by molar-refractivity contribution is 0.102. The van der Waals surface area contributed by atoms with Crippen molar-refractivity contribution in [3.63, 3.8) is 0 Å². The van der Waals surface area contributed by atoms with Crippen LogP contribution in [0.15, 0.2) is 59.2 Å². The number of rotatable bonds is 3. The molecule has 2 aromatic carbocycles. The van der Waals surface area contributed by atoms with E-state index in [-0.39, 0.29) is 12.5 Å². The fraction of sp³-hybridized carbons (Fsp3) is 0.0625. The molecule has 1 amide bonds. The molecule has 0 atom stereocenters. The first-order chi connectivity index (χ1) is 9.78. The van der Waals surface area contributed by atoms with Gasteiger partial charge in [0.15, 0.2) is 0 Å². The maximum Gasteiger partial charge on any atom is 0.259 e.